The Kier molecular flexibility index (Phi) is 4.79. The van der Waals surface area contributed by atoms with E-state index < -0.39 is 6.03 Å². The number of imide groups is 1. The number of hydrogen-bond acceptors (Lipinski definition) is 4. The monoisotopic (exact) mass is 369 g/mol. The van der Waals surface area contributed by atoms with Crippen molar-refractivity contribution in [3.05, 3.63) is 30.1 Å². The zero-order valence-corrected chi connectivity index (χ0v) is 15.0. The highest BCUT2D eigenvalue weighted by Crippen LogP contribution is 2.34. The van der Waals surface area contributed by atoms with Gasteiger partial charge in [0.25, 0.3) is 5.91 Å². The fourth-order valence-electron chi connectivity index (χ4n) is 3.88. The van der Waals surface area contributed by atoms with Gasteiger partial charge in [-0.3, -0.25) is 14.5 Å². The number of amides is 4. The van der Waals surface area contributed by atoms with E-state index in [1.54, 1.807) is 0 Å². The molecule has 1 aliphatic heterocycles. The molecular weight excluding hydrogens is 346 g/mol. The summed E-state index contributed by atoms with van der Waals surface area (Å²) in [5.74, 6) is 1.24. The molecule has 0 bridgehead atoms. The molecule has 27 heavy (non-hydrogen) atoms. The number of H-pyrrole nitrogens is 1. The van der Waals surface area contributed by atoms with Gasteiger partial charge >= 0.3 is 6.03 Å². The van der Waals surface area contributed by atoms with Gasteiger partial charge in [0.05, 0.1) is 17.6 Å². The molecule has 3 N–H and O–H groups in total. The molecule has 1 saturated heterocycles. The first-order valence-electron chi connectivity index (χ1n) is 9.39. The molecule has 2 heterocycles. The summed E-state index contributed by atoms with van der Waals surface area (Å²) in [6, 6.07) is 7.55. The van der Waals surface area contributed by atoms with Crippen LogP contribution in [0.3, 0.4) is 0 Å². The third-order valence-corrected chi connectivity index (χ3v) is 5.47. The molecule has 1 saturated carbocycles. The average molecular weight is 369 g/mol. The Balaban J connectivity index is 1.24. The smallest absolute Gasteiger partial charge is 0.325 e. The van der Waals surface area contributed by atoms with E-state index in [0.717, 1.165) is 47.4 Å². The molecule has 2 fully saturated rings. The molecule has 0 atom stereocenters. The van der Waals surface area contributed by atoms with Crippen molar-refractivity contribution in [3.63, 3.8) is 0 Å². The van der Waals surface area contributed by atoms with Crippen LogP contribution in [-0.4, -0.2) is 52.3 Å². The number of imidazole rings is 1. The largest absolute Gasteiger partial charge is 0.354 e. The van der Waals surface area contributed by atoms with Crippen molar-refractivity contribution in [1.82, 2.24) is 25.5 Å². The number of para-hydroxylation sites is 2. The molecule has 0 unspecified atom stereocenters. The Labute approximate surface area is 156 Å². The molecule has 2 aliphatic rings. The molecule has 2 aromatic rings. The standard InChI is InChI=1S/C19H23N5O3/c25-16(11-24-17(26)10-21-19(24)27)20-9-12-5-7-13(8-6-12)18-22-14-3-1-2-4-15(14)23-18/h1-4,12-13H,5-11H2,(H,20,25)(H,21,27)(H,22,23). The third-order valence-electron chi connectivity index (χ3n) is 5.47. The maximum atomic E-state index is 12.0. The zero-order chi connectivity index (χ0) is 18.8. The van der Waals surface area contributed by atoms with Crippen molar-refractivity contribution in [2.24, 2.45) is 5.92 Å². The number of rotatable bonds is 5. The first-order valence-corrected chi connectivity index (χ1v) is 9.39. The van der Waals surface area contributed by atoms with E-state index in [4.69, 9.17) is 4.98 Å². The molecule has 142 valence electrons. The minimum Gasteiger partial charge on any atom is -0.354 e. The second-order valence-corrected chi connectivity index (χ2v) is 7.30. The predicted molar refractivity (Wildman–Crippen MR) is 98.9 cm³/mol. The maximum absolute atomic E-state index is 12.0. The highest BCUT2D eigenvalue weighted by Gasteiger charge is 2.30. The van der Waals surface area contributed by atoms with Crippen molar-refractivity contribution in [3.8, 4) is 0 Å². The van der Waals surface area contributed by atoms with Crippen LogP contribution in [0.5, 0.6) is 0 Å². The van der Waals surface area contributed by atoms with Crippen LogP contribution in [0.1, 0.15) is 37.4 Å². The van der Waals surface area contributed by atoms with Gasteiger partial charge in [0.2, 0.25) is 5.91 Å². The highest BCUT2D eigenvalue weighted by molar-refractivity contribution is 6.04. The predicted octanol–water partition coefficient (Wildman–Crippen LogP) is 1.50. The second kappa shape index (κ2) is 7.38. The molecule has 4 amide bonds. The number of fused-ring (bicyclic) bond motifs is 1. The molecule has 1 aromatic heterocycles. The van der Waals surface area contributed by atoms with Gasteiger partial charge in [-0.15, -0.1) is 0 Å². The minimum atomic E-state index is -0.499. The summed E-state index contributed by atoms with van der Waals surface area (Å²) in [4.78, 5) is 44.1. The summed E-state index contributed by atoms with van der Waals surface area (Å²) in [5.41, 5.74) is 2.07. The maximum Gasteiger partial charge on any atom is 0.325 e. The fraction of sp³-hybridized carbons (Fsp3) is 0.474. The number of benzene rings is 1. The van der Waals surface area contributed by atoms with E-state index in [2.05, 4.69) is 15.6 Å². The van der Waals surface area contributed by atoms with E-state index in [1.807, 2.05) is 24.3 Å². The number of urea groups is 1. The summed E-state index contributed by atoms with van der Waals surface area (Å²) in [5, 5.41) is 5.27. The van der Waals surface area contributed by atoms with E-state index in [-0.39, 0.29) is 24.9 Å². The number of aromatic amines is 1. The average Bonchev–Trinajstić information content (AvgIpc) is 3.25. The van der Waals surface area contributed by atoms with Crippen molar-refractivity contribution in [1.29, 1.82) is 0 Å². The van der Waals surface area contributed by atoms with E-state index in [9.17, 15) is 14.4 Å². The van der Waals surface area contributed by atoms with Crippen LogP contribution in [0.15, 0.2) is 24.3 Å². The second-order valence-electron chi connectivity index (χ2n) is 7.30. The molecule has 1 aromatic carbocycles. The molecule has 0 spiro atoms. The highest BCUT2D eigenvalue weighted by atomic mass is 16.2. The lowest BCUT2D eigenvalue weighted by Gasteiger charge is -2.27. The van der Waals surface area contributed by atoms with Crippen LogP contribution in [0.2, 0.25) is 0 Å². The molecule has 0 radical (unpaired) electrons. The minimum absolute atomic E-state index is 0.0298. The Morgan fingerprint density at radius 2 is 1.96 bits per heavy atom. The summed E-state index contributed by atoms with van der Waals surface area (Å²) < 4.78 is 0. The van der Waals surface area contributed by atoms with Gasteiger partial charge in [-0.05, 0) is 43.7 Å². The van der Waals surface area contributed by atoms with Crippen molar-refractivity contribution in [2.45, 2.75) is 31.6 Å². The van der Waals surface area contributed by atoms with Gasteiger partial charge in [0, 0.05) is 12.5 Å². The summed E-state index contributed by atoms with van der Waals surface area (Å²) in [7, 11) is 0. The summed E-state index contributed by atoms with van der Waals surface area (Å²) in [6.45, 7) is 0.340. The van der Waals surface area contributed by atoms with Gasteiger partial charge in [-0.25, -0.2) is 9.78 Å². The van der Waals surface area contributed by atoms with Crippen LogP contribution in [0.4, 0.5) is 4.79 Å². The Bertz CT molecular complexity index is 820. The van der Waals surface area contributed by atoms with Crippen LogP contribution in [0.25, 0.3) is 11.0 Å². The molecular formula is C19H23N5O3. The molecule has 1 aliphatic carbocycles. The van der Waals surface area contributed by atoms with Gasteiger partial charge < -0.3 is 15.6 Å². The van der Waals surface area contributed by atoms with Crippen molar-refractivity contribution in [2.75, 3.05) is 19.6 Å². The number of carbonyl (C=O) groups is 3. The Hall–Kier alpha value is -2.90. The quantitative estimate of drug-likeness (QED) is 0.694. The third kappa shape index (κ3) is 3.79. The number of carbonyl (C=O) groups excluding carboxylic acids is 3. The van der Waals surface area contributed by atoms with Gasteiger partial charge in [-0.2, -0.15) is 0 Å². The Morgan fingerprint density at radius 1 is 1.19 bits per heavy atom. The lowest BCUT2D eigenvalue weighted by molar-refractivity contribution is -0.130. The number of aromatic nitrogens is 2. The van der Waals surface area contributed by atoms with Crippen molar-refractivity contribution >= 4 is 28.9 Å². The Morgan fingerprint density at radius 3 is 2.67 bits per heavy atom. The van der Waals surface area contributed by atoms with Crippen LogP contribution >= 0.6 is 0 Å². The van der Waals surface area contributed by atoms with Crippen molar-refractivity contribution < 1.29 is 14.4 Å². The number of nitrogens with zero attached hydrogens (tertiary/aromatic N) is 2. The summed E-state index contributed by atoms with van der Waals surface area (Å²) >= 11 is 0. The normalized spacial score (nSPS) is 22.9. The molecule has 4 rings (SSSR count). The van der Waals surface area contributed by atoms with Gasteiger partial charge in [0.15, 0.2) is 0 Å². The molecule has 8 heteroatoms. The van der Waals surface area contributed by atoms with Crippen LogP contribution < -0.4 is 10.6 Å². The van der Waals surface area contributed by atoms with E-state index >= 15 is 0 Å². The van der Waals surface area contributed by atoms with E-state index in [1.165, 1.54) is 0 Å². The first kappa shape index (κ1) is 17.5. The fourth-order valence-corrected chi connectivity index (χ4v) is 3.88. The number of hydrogen-bond donors (Lipinski definition) is 3. The zero-order valence-electron chi connectivity index (χ0n) is 15.0. The lowest BCUT2D eigenvalue weighted by Crippen LogP contribution is -2.42. The molecule has 8 nitrogen and oxygen atoms in total. The number of nitrogens with one attached hydrogen (secondary N) is 3. The summed E-state index contributed by atoms with van der Waals surface area (Å²) in [6.07, 6.45) is 4.11. The first-order chi connectivity index (χ1) is 13.1. The topological polar surface area (TPSA) is 107 Å². The van der Waals surface area contributed by atoms with Crippen LogP contribution in [0, 0.1) is 5.92 Å². The van der Waals surface area contributed by atoms with Gasteiger partial charge in [-0.1, -0.05) is 12.1 Å². The SMILES string of the molecule is O=C(CN1C(=O)CNC1=O)NCC1CCC(c2nc3ccccc3[nH]2)CC1. The lowest BCUT2D eigenvalue weighted by atomic mass is 9.81. The van der Waals surface area contributed by atoms with Gasteiger partial charge in [0.1, 0.15) is 12.4 Å². The van der Waals surface area contributed by atoms with Crippen LogP contribution in [-0.2, 0) is 9.59 Å². The van der Waals surface area contributed by atoms with E-state index in [0.29, 0.717) is 18.4 Å².